The highest BCUT2D eigenvalue weighted by Gasteiger charge is 2.18. The van der Waals surface area contributed by atoms with Crippen LogP contribution in [0.1, 0.15) is 11.1 Å². The van der Waals surface area contributed by atoms with Crippen molar-refractivity contribution in [3.63, 3.8) is 0 Å². The number of para-hydroxylation sites is 2. The normalized spacial score (nSPS) is 10.9. The van der Waals surface area contributed by atoms with Gasteiger partial charge in [-0.05, 0) is 48.9 Å². The quantitative estimate of drug-likeness (QED) is 0.299. The van der Waals surface area contributed by atoms with E-state index in [-0.39, 0.29) is 0 Å². The zero-order valence-electron chi connectivity index (χ0n) is 19.0. The Morgan fingerprint density at radius 1 is 0.912 bits per heavy atom. The molecule has 3 aromatic carbocycles. The number of anilines is 3. The van der Waals surface area contributed by atoms with E-state index in [1.807, 2.05) is 90.5 Å². The first kappa shape index (κ1) is 21.3. The number of pyridine rings is 1. The van der Waals surface area contributed by atoms with Crippen LogP contribution in [0.25, 0.3) is 11.0 Å². The van der Waals surface area contributed by atoms with Crippen LogP contribution in [0.3, 0.4) is 0 Å². The van der Waals surface area contributed by atoms with Crippen molar-refractivity contribution in [3.8, 4) is 17.2 Å². The van der Waals surface area contributed by atoms with Gasteiger partial charge in [0.2, 0.25) is 0 Å². The Kier molecular flexibility index (Phi) is 5.74. The highest BCUT2D eigenvalue weighted by molar-refractivity contribution is 5.96. The molecular formula is C27H25N5O2. The molecule has 0 bridgehead atoms. The summed E-state index contributed by atoms with van der Waals surface area (Å²) in [5.74, 6) is 2.83. The molecule has 5 aromatic rings. The van der Waals surface area contributed by atoms with Gasteiger partial charge < -0.3 is 20.5 Å². The summed E-state index contributed by atoms with van der Waals surface area (Å²) in [6, 6.07) is 25.3. The molecule has 0 unspecified atom stereocenters. The highest BCUT2D eigenvalue weighted by Crippen LogP contribution is 2.36. The summed E-state index contributed by atoms with van der Waals surface area (Å²) in [6.07, 6.45) is 1.73. The van der Waals surface area contributed by atoms with E-state index >= 15 is 0 Å². The van der Waals surface area contributed by atoms with Gasteiger partial charge in [-0.3, -0.25) is 0 Å². The molecule has 170 valence electrons. The Morgan fingerprint density at radius 2 is 1.65 bits per heavy atom. The van der Waals surface area contributed by atoms with Gasteiger partial charge in [0.15, 0.2) is 11.5 Å². The lowest BCUT2D eigenvalue weighted by Gasteiger charge is -2.10. The zero-order valence-corrected chi connectivity index (χ0v) is 19.0. The second-order valence-electron chi connectivity index (χ2n) is 7.99. The van der Waals surface area contributed by atoms with Gasteiger partial charge in [-0.15, -0.1) is 0 Å². The van der Waals surface area contributed by atoms with Crippen molar-refractivity contribution in [1.29, 1.82) is 0 Å². The third-order valence-corrected chi connectivity index (χ3v) is 5.55. The fraction of sp³-hybridized carbons (Fsp3) is 0.111. The molecule has 0 aliphatic rings. The number of nitrogen functional groups attached to an aromatic ring is 1. The molecule has 7 heteroatoms. The maximum atomic E-state index is 6.27. The van der Waals surface area contributed by atoms with Crippen LogP contribution >= 0.6 is 0 Å². The Hall–Kier alpha value is -4.52. The molecule has 3 N–H and O–H groups in total. The monoisotopic (exact) mass is 451 g/mol. The molecule has 0 aliphatic heterocycles. The largest absolute Gasteiger partial charge is 0.497 e. The van der Waals surface area contributed by atoms with Crippen molar-refractivity contribution in [2.24, 2.45) is 0 Å². The maximum absolute atomic E-state index is 6.27. The van der Waals surface area contributed by atoms with E-state index in [1.54, 1.807) is 13.3 Å². The molecule has 7 nitrogen and oxygen atoms in total. The molecule has 0 amide bonds. The van der Waals surface area contributed by atoms with E-state index < -0.39 is 0 Å². The molecule has 0 atom stereocenters. The number of fused-ring (bicyclic) bond motifs is 1. The van der Waals surface area contributed by atoms with Crippen molar-refractivity contribution < 1.29 is 9.47 Å². The number of rotatable bonds is 7. The molecule has 0 saturated carbocycles. The SMILES string of the molecule is COc1ccc(Cn2nc(Nc3ccccc3N)c3c(Oc4ccc(C)cc4)ccnc32)cc1. The van der Waals surface area contributed by atoms with Gasteiger partial charge in [0.05, 0.1) is 25.0 Å². The predicted octanol–water partition coefficient (Wildman–Crippen LogP) is 5.91. The van der Waals surface area contributed by atoms with Crippen LogP contribution in [0.2, 0.25) is 0 Å². The lowest BCUT2D eigenvalue weighted by molar-refractivity contribution is 0.414. The second-order valence-corrected chi connectivity index (χ2v) is 7.99. The van der Waals surface area contributed by atoms with Crippen molar-refractivity contribution in [1.82, 2.24) is 14.8 Å². The minimum Gasteiger partial charge on any atom is -0.497 e. The summed E-state index contributed by atoms with van der Waals surface area (Å²) >= 11 is 0. The van der Waals surface area contributed by atoms with Crippen LogP contribution in [-0.2, 0) is 6.54 Å². The van der Waals surface area contributed by atoms with Crippen LogP contribution in [0.4, 0.5) is 17.2 Å². The topological polar surface area (TPSA) is 87.2 Å². The van der Waals surface area contributed by atoms with Gasteiger partial charge in [-0.1, -0.05) is 42.0 Å². The number of benzene rings is 3. The average molecular weight is 452 g/mol. The third kappa shape index (κ3) is 4.36. The van der Waals surface area contributed by atoms with Crippen LogP contribution in [0.5, 0.6) is 17.2 Å². The van der Waals surface area contributed by atoms with E-state index in [1.165, 1.54) is 5.56 Å². The summed E-state index contributed by atoms with van der Waals surface area (Å²) < 4.78 is 13.4. The Balaban J connectivity index is 1.59. The van der Waals surface area contributed by atoms with Crippen LogP contribution in [-0.4, -0.2) is 21.9 Å². The van der Waals surface area contributed by atoms with Gasteiger partial charge in [0.1, 0.15) is 22.6 Å². The van der Waals surface area contributed by atoms with Gasteiger partial charge in [0.25, 0.3) is 0 Å². The lowest BCUT2D eigenvalue weighted by Crippen LogP contribution is -2.03. The maximum Gasteiger partial charge on any atom is 0.165 e. The molecule has 0 saturated heterocycles. The molecule has 0 aliphatic carbocycles. The van der Waals surface area contributed by atoms with E-state index in [0.717, 1.165) is 28.1 Å². The molecule has 2 aromatic heterocycles. The smallest absolute Gasteiger partial charge is 0.165 e. The standard InChI is InChI=1S/C27H25N5O2/c1-18-7-11-21(12-8-18)34-24-15-16-29-27-25(24)26(30-23-6-4-3-5-22(23)28)31-32(27)17-19-9-13-20(33-2)14-10-19/h3-16H,17,28H2,1-2H3,(H,30,31). The molecule has 2 heterocycles. The number of ether oxygens (including phenoxy) is 2. The van der Waals surface area contributed by atoms with Gasteiger partial charge >= 0.3 is 0 Å². The number of nitrogens with two attached hydrogens (primary N) is 1. The highest BCUT2D eigenvalue weighted by atomic mass is 16.5. The Morgan fingerprint density at radius 3 is 2.38 bits per heavy atom. The molecule has 34 heavy (non-hydrogen) atoms. The molecule has 0 radical (unpaired) electrons. The average Bonchev–Trinajstić information content (AvgIpc) is 3.20. The number of hydrogen-bond acceptors (Lipinski definition) is 6. The Bertz CT molecular complexity index is 1430. The van der Waals surface area contributed by atoms with Crippen molar-refractivity contribution in [3.05, 3.63) is 96.2 Å². The van der Waals surface area contributed by atoms with Crippen LogP contribution in [0.15, 0.2) is 85.1 Å². The second kappa shape index (κ2) is 9.15. The fourth-order valence-corrected chi connectivity index (χ4v) is 3.73. The Labute approximate surface area is 197 Å². The lowest BCUT2D eigenvalue weighted by atomic mass is 10.2. The summed E-state index contributed by atoms with van der Waals surface area (Å²) in [5, 5.41) is 9.01. The number of aromatic nitrogens is 3. The van der Waals surface area contributed by atoms with E-state index in [4.69, 9.17) is 20.3 Å². The fourth-order valence-electron chi connectivity index (χ4n) is 3.73. The first-order chi connectivity index (χ1) is 16.6. The number of aryl methyl sites for hydroxylation is 1. The number of nitrogens with one attached hydrogen (secondary N) is 1. The zero-order chi connectivity index (χ0) is 23.5. The van der Waals surface area contributed by atoms with Gasteiger partial charge in [-0.2, -0.15) is 5.10 Å². The molecule has 0 fully saturated rings. The number of nitrogens with zero attached hydrogens (tertiary/aromatic N) is 3. The van der Waals surface area contributed by atoms with Crippen LogP contribution < -0.4 is 20.5 Å². The molecule has 5 rings (SSSR count). The summed E-state index contributed by atoms with van der Waals surface area (Å²) in [7, 11) is 1.66. The first-order valence-corrected chi connectivity index (χ1v) is 11.0. The summed E-state index contributed by atoms with van der Waals surface area (Å²) in [4.78, 5) is 4.64. The number of methoxy groups -OCH3 is 1. The minimum absolute atomic E-state index is 0.535. The van der Waals surface area contributed by atoms with E-state index in [2.05, 4.69) is 10.3 Å². The summed E-state index contributed by atoms with van der Waals surface area (Å²) in [5.41, 5.74) is 10.5. The van der Waals surface area contributed by atoms with Crippen molar-refractivity contribution >= 4 is 28.2 Å². The molecular weight excluding hydrogens is 426 g/mol. The summed E-state index contributed by atoms with van der Waals surface area (Å²) in [6.45, 7) is 2.58. The first-order valence-electron chi connectivity index (χ1n) is 11.0. The van der Waals surface area contributed by atoms with Gasteiger partial charge in [0, 0.05) is 12.3 Å². The number of hydrogen-bond donors (Lipinski definition) is 2. The van der Waals surface area contributed by atoms with Crippen molar-refractivity contribution in [2.75, 3.05) is 18.2 Å². The minimum atomic E-state index is 0.535. The van der Waals surface area contributed by atoms with E-state index in [0.29, 0.717) is 29.4 Å². The van der Waals surface area contributed by atoms with Gasteiger partial charge in [-0.25, -0.2) is 9.67 Å². The van der Waals surface area contributed by atoms with Crippen molar-refractivity contribution in [2.45, 2.75) is 13.5 Å². The van der Waals surface area contributed by atoms with Crippen LogP contribution in [0, 0.1) is 6.92 Å². The van der Waals surface area contributed by atoms with E-state index in [9.17, 15) is 0 Å². The predicted molar refractivity (Wildman–Crippen MR) is 135 cm³/mol. The molecule has 0 spiro atoms. The third-order valence-electron chi connectivity index (χ3n) is 5.55.